The number of aliphatic hydroxyl groups is 1. The Kier molecular flexibility index (Phi) is 10.3. The van der Waals surface area contributed by atoms with Gasteiger partial charge in [-0.15, -0.1) is 0 Å². The smallest absolute Gasteiger partial charge is 0.156 e. The van der Waals surface area contributed by atoms with Crippen molar-refractivity contribution in [2.75, 3.05) is 19.8 Å². The Morgan fingerprint density at radius 2 is 1.49 bits per heavy atom. The van der Waals surface area contributed by atoms with E-state index in [-0.39, 0.29) is 12.6 Å². The van der Waals surface area contributed by atoms with Crippen molar-refractivity contribution in [3.8, 4) is 22.6 Å². The van der Waals surface area contributed by atoms with Crippen molar-refractivity contribution in [2.45, 2.75) is 39.2 Å². The van der Waals surface area contributed by atoms with Crippen LogP contribution < -0.4 is 15.2 Å². The molecule has 4 aromatic rings. The number of halogens is 2. The molecule has 0 spiro atoms. The molecule has 0 heterocycles. The molecule has 0 saturated carbocycles. The zero-order chi connectivity index (χ0) is 27.8. The minimum atomic E-state index is 0.000370. The van der Waals surface area contributed by atoms with Gasteiger partial charge in [-0.05, 0) is 96.3 Å². The zero-order valence-corrected chi connectivity index (χ0v) is 23.9. The summed E-state index contributed by atoms with van der Waals surface area (Å²) in [6.45, 7) is 4.92. The maximum atomic E-state index is 9.40. The van der Waals surface area contributed by atoms with E-state index >= 15 is 0 Å². The third-order valence-electron chi connectivity index (χ3n) is 6.70. The number of hydrogen-bond acceptors (Lipinski definition) is 4. The summed E-state index contributed by atoms with van der Waals surface area (Å²) in [7, 11) is 0. The van der Waals surface area contributed by atoms with Gasteiger partial charge in [0, 0.05) is 12.6 Å². The number of rotatable bonds is 12. The van der Waals surface area contributed by atoms with Crippen molar-refractivity contribution in [3.05, 3.63) is 117 Å². The van der Waals surface area contributed by atoms with E-state index in [1.165, 1.54) is 22.3 Å². The molecule has 0 aliphatic rings. The Hall–Kier alpha value is -3.02. The number of nitrogens with two attached hydrogens (primary N) is 1. The van der Waals surface area contributed by atoms with Gasteiger partial charge < -0.3 is 20.3 Å². The van der Waals surface area contributed by atoms with Crippen LogP contribution in [0.15, 0.2) is 78.9 Å². The molecular formula is C33H35Cl2NO3. The highest BCUT2D eigenvalue weighted by Gasteiger charge is 2.11. The third kappa shape index (κ3) is 8.00. The first-order valence-corrected chi connectivity index (χ1v) is 13.9. The number of aryl methyl sites for hydroxylation is 2. The molecule has 4 aromatic carbocycles. The quantitative estimate of drug-likeness (QED) is 0.176. The predicted octanol–water partition coefficient (Wildman–Crippen LogP) is 7.38. The van der Waals surface area contributed by atoms with E-state index in [9.17, 15) is 5.11 Å². The van der Waals surface area contributed by atoms with Crippen molar-refractivity contribution in [2.24, 2.45) is 5.73 Å². The Labute approximate surface area is 241 Å². The van der Waals surface area contributed by atoms with Gasteiger partial charge in [0.05, 0.1) is 10.0 Å². The highest BCUT2D eigenvalue weighted by molar-refractivity contribution is 6.37. The van der Waals surface area contributed by atoms with Gasteiger partial charge in [-0.1, -0.05) is 77.8 Å². The summed E-state index contributed by atoms with van der Waals surface area (Å²) < 4.78 is 11.5. The second-order valence-electron chi connectivity index (χ2n) is 9.84. The van der Waals surface area contributed by atoms with Crippen molar-refractivity contribution in [3.63, 3.8) is 0 Å². The Morgan fingerprint density at radius 3 is 2.18 bits per heavy atom. The molecule has 0 aromatic heterocycles. The fraction of sp³-hybridized carbons (Fsp3) is 0.273. The summed E-state index contributed by atoms with van der Waals surface area (Å²) in [5, 5.41) is 10.4. The largest absolute Gasteiger partial charge is 0.490 e. The zero-order valence-electron chi connectivity index (χ0n) is 22.4. The molecule has 0 aliphatic carbocycles. The lowest BCUT2D eigenvalue weighted by Crippen LogP contribution is -2.25. The highest BCUT2D eigenvalue weighted by atomic mass is 35.5. The monoisotopic (exact) mass is 563 g/mol. The van der Waals surface area contributed by atoms with Crippen LogP contribution in [0.3, 0.4) is 0 Å². The average molecular weight is 565 g/mol. The van der Waals surface area contributed by atoms with Crippen LogP contribution in [0, 0.1) is 13.8 Å². The molecule has 0 saturated heterocycles. The first-order chi connectivity index (χ1) is 18.8. The maximum absolute atomic E-state index is 9.40. The number of ether oxygens (including phenoxy) is 2. The van der Waals surface area contributed by atoms with E-state index in [4.69, 9.17) is 38.4 Å². The van der Waals surface area contributed by atoms with E-state index in [2.05, 4.69) is 49.4 Å². The molecule has 0 amide bonds. The Balaban J connectivity index is 1.27. The minimum Gasteiger partial charge on any atom is -0.490 e. The van der Waals surface area contributed by atoms with Gasteiger partial charge in [-0.25, -0.2) is 0 Å². The molecule has 1 atom stereocenters. The van der Waals surface area contributed by atoms with E-state index in [1.807, 2.05) is 43.3 Å². The standard InChI is InChI=1S/C33H35Cl2NO3/c1-22-17-31(34)33(32(35)18-22)39-16-15-38-29-11-7-24(8-12-29)20-28(36)21-26-9-10-27(19-23(26)2)30-6-4-3-5-25(30)13-14-37/h3-12,17-19,28,37H,13-16,20-21,36H2,1-2H3. The van der Waals surface area contributed by atoms with Gasteiger partial charge in [0.2, 0.25) is 0 Å². The molecule has 39 heavy (non-hydrogen) atoms. The Morgan fingerprint density at radius 1 is 0.795 bits per heavy atom. The van der Waals surface area contributed by atoms with Crippen LogP contribution in [0.5, 0.6) is 11.5 Å². The molecule has 1 unspecified atom stereocenters. The van der Waals surface area contributed by atoms with Crippen LogP contribution >= 0.6 is 23.2 Å². The van der Waals surface area contributed by atoms with Gasteiger partial charge in [-0.3, -0.25) is 0 Å². The SMILES string of the molecule is Cc1cc(Cl)c(OCCOc2ccc(CC(N)Cc3ccc(-c4ccccc4CCO)cc3C)cc2)c(Cl)c1. The van der Waals surface area contributed by atoms with Crippen molar-refractivity contribution in [1.29, 1.82) is 0 Å². The van der Waals surface area contributed by atoms with Crippen LogP contribution in [0.1, 0.15) is 27.8 Å². The summed E-state index contributed by atoms with van der Waals surface area (Å²) in [6.07, 6.45) is 2.22. The second-order valence-corrected chi connectivity index (χ2v) is 10.7. The molecule has 0 aliphatic heterocycles. The summed E-state index contributed by atoms with van der Waals surface area (Å²) in [4.78, 5) is 0. The topological polar surface area (TPSA) is 64.7 Å². The first kappa shape index (κ1) is 29.0. The van der Waals surface area contributed by atoms with Gasteiger partial charge in [-0.2, -0.15) is 0 Å². The predicted molar refractivity (Wildman–Crippen MR) is 161 cm³/mol. The number of aliphatic hydroxyl groups excluding tert-OH is 1. The summed E-state index contributed by atoms with van der Waals surface area (Å²) in [5.74, 6) is 1.25. The highest BCUT2D eigenvalue weighted by Crippen LogP contribution is 2.34. The molecule has 0 radical (unpaired) electrons. The van der Waals surface area contributed by atoms with Crippen LogP contribution in [0.2, 0.25) is 10.0 Å². The van der Waals surface area contributed by atoms with Crippen LogP contribution in [0.25, 0.3) is 11.1 Å². The normalized spacial score (nSPS) is 11.8. The molecule has 6 heteroatoms. The fourth-order valence-electron chi connectivity index (χ4n) is 4.74. The van der Waals surface area contributed by atoms with Gasteiger partial charge in [0.25, 0.3) is 0 Å². The molecule has 4 rings (SSSR count). The molecular weight excluding hydrogens is 529 g/mol. The van der Waals surface area contributed by atoms with Crippen molar-refractivity contribution in [1.82, 2.24) is 0 Å². The lowest BCUT2D eigenvalue weighted by atomic mass is 9.92. The third-order valence-corrected chi connectivity index (χ3v) is 7.26. The Bertz CT molecular complexity index is 1370. The van der Waals surface area contributed by atoms with Crippen molar-refractivity contribution < 1.29 is 14.6 Å². The van der Waals surface area contributed by atoms with E-state index in [1.54, 1.807) is 0 Å². The van der Waals surface area contributed by atoms with Gasteiger partial charge >= 0.3 is 0 Å². The molecule has 0 fully saturated rings. The second kappa shape index (κ2) is 13.9. The van der Waals surface area contributed by atoms with E-state index in [0.717, 1.165) is 35.3 Å². The summed E-state index contributed by atoms with van der Waals surface area (Å²) >= 11 is 12.5. The maximum Gasteiger partial charge on any atom is 0.156 e. The first-order valence-electron chi connectivity index (χ1n) is 13.2. The fourth-order valence-corrected chi connectivity index (χ4v) is 5.44. The van der Waals surface area contributed by atoms with Gasteiger partial charge in [0.1, 0.15) is 19.0 Å². The molecule has 4 nitrogen and oxygen atoms in total. The van der Waals surface area contributed by atoms with Crippen LogP contribution in [0.4, 0.5) is 0 Å². The van der Waals surface area contributed by atoms with Crippen LogP contribution in [-0.2, 0) is 19.3 Å². The number of hydrogen-bond donors (Lipinski definition) is 2. The molecule has 3 N–H and O–H groups in total. The summed E-state index contributed by atoms with van der Waals surface area (Å²) in [5.41, 5.74) is 14.7. The number of benzene rings is 4. The molecule has 204 valence electrons. The van der Waals surface area contributed by atoms with Gasteiger partial charge in [0.15, 0.2) is 5.75 Å². The lowest BCUT2D eigenvalue weighted by Gasteiger charge is -2.16. The molecule has 0 bridgehead atoms. The van der Waals surface area contributed by atoms with E-state index in [0.29, 0.717) is 35.4 Å². The average Bonchev–Trinajstić information content (AvgIpc) is 2.90. The van der Waals surface area contributed by atoms with Crippen LogP contribution in [-0.4, -0.2) is 31.0 Å². The van der Waals surface area contributed by atoms with Crippen molar-refractivity contribution >= 4 is 23.2 Å². The lowest BCUT2D eigenvalue weighted by molar-refractivity contribution is 0.217. The summed E-state index contributed by atoms with van der Waals surface area (Å²) in [6, 6.07) is 26.5. The minimum absolute atomic E-state index is 0.000370. The van der Waals surface area contributed by atoms with E-state index < -0.39 is 0 Å².